The molecule has 1 atom stereocenters. The number of pyridine rings is 1. The van der Waals surface area contributed by atoms with Crippen LogP contribution in [0.2, 0.25) is 0 Å². The van der Waals surface area contributed by atoms with Crippen molar-refractivity contribution in [1.29, 1.82) is 0 Å². The highest BCUT2D eigenvalue weighted by Crippen LogP contribution is 2.09. The molecule has 2 rings (SSSR count). The van der Waals surface area contributed by atoms with E-state index in [2.05, 4.69) is 10.3 Å². The van der Waals surface area contributed by atoms with E-state index in [9.17, 15) is 9.59 Å². The molecule has 1 N–H and O–H groups in total. The summed E-state index contributed by atoms with van der Waals surface area (Å²) in [6, 6.07) is 2.77. The summed E-state index contributed by atoms with van der Waals surface area (Å²) in [5.74, 6) is -0.243. The summed E-state index contributed by atoms with van der Waals surface area (Å²) in [5.41, 5.74) is 0.520. The van der Waals surface area contributed by atoms with Gasteiger partial charge in [-0.3, -0.25) is 14.6 Å². The van der Waals surface area contributed by atoms with Crippen LogP contribution in [0.3, 0.4) is 0 Å². The Hall–Kier alpha value is -1.91. The van der Waals surface area contributed by atoms with Gasteiger partial charge in [-0.25, -0.2) is 0 Å². The molecule has 1 saturated heterocycles. The molecule has 2 amide bonds. The molecule has 96 valence electrons. The van der Waals surface area contributed by atoms with Crippen molar-refractivity contribution in [3.8, 4) is 0 Å². The number of likely N-dealkylation sites (tertiary alicyclic amines) is 1. The number of nitrogens with zero attached hydrogens (tertiary/aromatic N) is 2. The van der Waals surface area contributed by atoms with E-state index in [1.807, 2.05) is 0 Å². The number of rotatable bonds is 3. The normalized spacial score (nSPS) is 16.4. The molecule has 0 aliphatic carbocycles. The van der Waals surface area contributed by atoms with Gasteiger partial charge in [0, 0.05) is 31.0 Å². The quantitative estimate of drug-likeness (QED) is 0.860. The third-order valence-electron chi connectivity index (χ3n) is 3.08. The van der Waals surface area contributed by atoms with Gasteiger partial charge >= 0.3 is 0 Å². The van der Waals surface area contributed by atoms with E-state index in [-0.39, 0.29) is 11.8 Å². The van der Waals surface area contributed by atoms with Gasteiger partial charge in [0.25, 0.3) is 5.91 Å². The molecule has 1 aromatic rings. The van der Waals surface area contributed by atoms with Crippen molar-refractivity contribution < 1.29 is 9.59 Å². The zero-order valence-corrected chi connectivity index (χ0v) is 10.4. The average molecular weight is 247 g/mol. The first kappa shape index (κ1) is 12.5. The molecule has 1 aromatic heterocycles. The summed E-state index contributed by atoms with van der Waals surface area (Å²) in [4.78, 5) is 29.5. The lowest BCUT2D eigenvalue weighted by atomic mass is 10.2. The van der Waals surface area contributed by atoms with Gasteiger partial charge in [-0.15, -0.1) is 0 Å². The summed E-state index contributed by atoms with van der Waals surface area (Å²) in [6.07, 6.45) is 5.22. The molecule has 0 saturated carbocycles. The number of carbonyl (C=O) groups excluding carboxylic acids is 2. The van der Waals surface area contributed by atoms with Gasteiger partial charge in [0.1, 0.15) is 6.04 Å². The Morgan fingerprint density at radius 2 is 1.89 bits per heavy atom. The zero-order valence-electron chi connectivity index (χ0n) is 10.4. The number of hydrogen-bond donors (Lipinski definition) is 1. The predicted molar refractivity (Wildman–Crippen MR) is 67.0 cm³/mol. The second-order valence-electron chi connectivity index (χ2n) is 4.46. The highest BCUT2D eigenvalue weighted by atomic mass is 16.2. The van der Waals surface area contributed by atoms with Crippen molar-refractivity contribution in [2.75, 3.05) is 13.1 Å². The largest absolute Gasteiger partial charge is 0.341 e. The third kappa shape index (κ3) is 2.85. The lowest BCUT2D eigenvalue weighted by Gasteiger charge is -2.21. The fourth-order valence-electron chi connectivity index (χ4n) is 2.06. The standard InChI is InChI=1S/C13H17N3O2/c1-10(13(18)16-8-2-3-9-16)15-12(17)11-4-6-14-7-5-11/h4-7,10H,2-3,8-9H2,1H3,(H,15,17)/t10-/m1/s1. The van der Waals surface area contributed by atoms with Crippen molar-refractivity contribution in [2.45, 2.75) is 25.8 Å². The topological polar surface area (TPSA) is 62.3 Å². The zero-order chi connectivity index (χ0) is 13.0. The smallest absolute Gasteiger partial charge is 0.252 e. The Bertz CT molecular complexity index is 427. The van der Waals surface area contributed by atoms with Crippen LogP contribution < -0.4 is 5.32 Å². The van der Waals surface area contributed by atoms with Gasteiger partial charge in [0.15, 0.2) is 0 Å². The first-order chi connectivity index (χ1) is 8.68. The van der Waals surface area contributed by atoms with Crippen LogP contribution in [-0.4, -0.2) is 40.8 Å². The maximum atomic E-state index is 12.0. The lowest BCUT2D eigenvalue weighted by Crippen LogP contribution is -2.45. The number of amides is 2. The minimum Gasteiger partial charge on any atom is -0.341 e. The van der Waals surface area contributed by atoms with Gasteiger partial charge in [-0.2, -0.15) is 0 Å². The first-order valence-corrected chi connectivity index (χ1v) is 6.18. The SMILES string of the molecule is C[C@@H](NC(=O)c1ccncc1)C(=O)N1CCCC1. The van der Waals surface area contributed by atoms with Gasteiger partial charge in [-0.1, -0.05) is 0 Å². The third-order valence-corrected chi connectivity index (χ3v) is 3.08. The van der Waals surface area contributed by atoms with Crippen molar-refractivity contribution in [1.82, 2.24) is 15.2 Å². The lowest BCUT2D eigenvalue weighted by molar-refractivity contribution is -0.131. The van der Waals surface area contributed by atoms with Gasteiger partial charge in [0.2, 0.25) is 5.91 Å². The summed E-state index contributed by atoms with van der Waals surface area (Å²) >= 11 is 0. The minimum atomic E-state index is -0.483. The Kier molecular flexibility index (Phi) is 3.92. The van der Waals surface area contributed by atoms with E-state index >= 15 is 0 Å². The maximum Gasteiger partial charge on any atom is 0.252 e. The predicted octanol–water partition coefficient (Wildman–Crippen LogP) is 0.822. The van der Waals surface area contributed by atoms with Crippen LogP contribution in [0.15, 0.2) is 24.5 Å². The van der Waals surface area contributed by atoms with Crippen LogP contribution in [0.4, 0.5) is 0 Å². The molecule has 5 heteroatoms. The van der Waals surface area contributed by atoms with Crippen LogP contribution in [0.1, 0.15) is 30.1 Å². The molecule has 1 aliphatic heterocycles. The van der Waals surface area contributed by atoms with E-state index in [1.165, 1.54) is 0 Å². The van der Waals surface area contributed by atoms with Crippen molar-refractivity contribution >= 4 is 11.8 Å². The molecule has 0 radical (unpaired) electrons. The van der Waals surface area contributed by atoms with E-state index in [4.69, 9.17) is 0 Å². The molecule has 5 nitrogen and oxygen atoms in total. The summed E-state index contributed by atoms with van der Waals surface area (Å²) in [5, 5.41) is 2.71. The van der Waals surface area contributed by atoms with Crippen LogP contribution in [-0.2, 0) is 4.79 Å². The number of carbonyl (C=O) groups is 2. The highest BCUT2D eigenvalue weighted by molar-refractivity contribution is 5.97. The van der Waals surface area contributed by atoms with Gasteiger partial charge < -0.3 is 10.2 Å². The van der Waals surface area contributed by atoms with E-state index < -0.39 is 6.04 Å². The van der Waals surface area contributed by atoms with Crippen LogP contribution >= 0.6 is 0 Å². The summed E-state index contributed by atoms with van der Waals surface area (Å²) in [6.45, 7) is 3.32. The average Bonchev–Trinajstić information content (AvgIpc) is 2.92. The fourth-order valence-corrected chi connectivity index (χ4v) is 2.06. The molecule has 0 aromatic carbocycles. The maximum absolute atomic E-state index is 12.0. The summed E-state index contributed by atoms with van der Waals surface area (Å²) in [7, 11) is 0. The number of hydrogen-bond acceptors (Lipinski definition) is 3. The first-order valence-electron chi connectivity index (χ1n) is 6.18. The molecular formula is C13H17N3O2. The molecule has 0 bridgehead atoms. The van der Waals surface area contributed by atoms with Gasteiger partial charge in [0.05, 0.1) is 0 Å². The minimum absolute atomic E-state index is 0.00472. The molecule has 1 fully saturated rings. The Morgan fingerprint density at radius 3 is 2.50 bits per heavy atom. The van der Waals surface area contributed by atoms with E-state index in [1.54, 1.807) is 36.4 Å². The molecule has 18 heavy (non-hydrogen) atoms. The van der Waals surface area contributed by atoms with E-state index in [0.717, 1.165) is 25.9 Å². The van der Waals surface area contributed by atoms with E-state index in [0.29, 0.717) is 5.56 Å². The molecule has 0 unspecified atom stereocenters. The Labute approximate surface area is 106 Å². The monoisotopic (exact) mass is 247 g/mol. The highest BCUT2D eigenvalue weighted by Gasteiger charge is 2.24. The van der Waals surface area contributed by atoms with Crippen molar-refractivity contribution in [2.24, 2.45) is 0 Å². The second kappa shape index (κ2) is 5.62. The molecule has 0 spiro atoms. The van der Waals surface area contributed by atoms with Crippen LogP contribution in [0, 0.1) is 0 Å². The summed E-state index contributed by atoms with van der Waals surface area (Å²) < 4.78 is 0. The number of nitrogens with one attached hydrogen (secondary N) is 1. The molecule has 2 heterocycles. The molecular weight excluding hydrogens is 230 g/mol. The van der Waals surface area contributed by atoms with Crippen molar-refractivity contribution in [3.63, 3.8) is 0 Å². The fraction of sp³-hybridized carbons (Fsp3) is 0.462. The Balaban J connectivity index is 1.92. The number of aromatic nitrogens is 1. The van der Waals surface area contributed by atoms with Gasteiger partial charge in [-0.05, 0) is 31.9 Å². The second-order valence-corrected chi connectivity index (χ2v) is 4.46. The van der Waals surface area contributed by atoms with Crippen molar-refractivity contribution in [3.05, 3.63) is 30.1 Å². The Morgan fingerprint density at radius 1 is 1.28 bits per heavy atom. The molecule has 1 aliphatic rings. The van der Waals surface area contributed by atoms with Crippen LogP contribution in [0.25, 0.3) is 0 Å². The van der Waals surface area contributed by atoms with Crippen LogP contribution in [0.5, 0.6) is 0 Å².